The summed E-state index contributed by atoms with van der Waals surface area (Å²) in [7, 11) is 0. The van der Waals surface area contributed by atoms with Crippen LogP contribution in [0.5, 0.6) is 0 Å². The summed E-state index contributed by atoms with van der Waals surface area (Å²) in [6, 6.07) is 8.20. The van der Waals surface area contributed by atoms with Crippen LogP contribution < -0.4 is 0 Å². The Kier molecular flexibility index (Phi) is 4.33. The van der Waals surface area contributed by atoms with E-state index in [-0.39, 0.29) is 0 Å². The third-order valence-electron chi connectivity index (χ3n) is 4.49. The molecule has 1 aliphatic heterocycles. The van der Waals surface area contributed by atoms with E-state index >= 15 is 0 Å². The third kappa shape index (κ3) is 3.57. The molecule has 2 aliphatic rings. The molecule has 0 spiro atoms. The van der Waals surface area contributed by atoms with Gasteiger partial charge < -0.3 is 9.15 Å². The van der Waals surface area contributed by atoms with E-state index in [1.165, 1.54) is 12.8 Å². The standard InChI is InChI=1S/C17H20ClN3O2/c18-15-4-2-1-3-14(15)17-20-19-16(23-17)10-21(13-5-6-13)9-12-7-8-22-11-12/h1-4,12-13H,5-11H2. The molecule has 1 aromatic heterocycles. The topological polar surface area (TPSA) is 51.4 Å². The van der Waals surface area contributed by atoms with E-state index in [0.29, 0.717) is 35.3 Å². The van der Waals surface area contributed by atoms with Crippen LogP contribution in [0.15, 0.2) is 28.7 Å². The molecule has 2 fully saturated rings. The minimum absolute atomic E-state index is 0.491. The predicted molar refractivity (Wildman–Crippen MR) is 87.1 cm³/mol. The molecule has 6 heteroatoms. The highest BCUT2D eigenvalue weighted by molar-refractivity contribution is 6.33. The fourth-order valence-electron chi connectivity index (χ4n) is 3.08. The number of hydrogen-bond donors (Lipinski definition) is 0. The first-order valence-corrected chi connectivity index (χ1v) is 8.56. The maximum absolute atomic E-state index is 6.20. The van der Waals surface area contributed by atoms with Crippen LogP contribution in [0.1, 0.15) is 25.2 Å². The Morgan fingerprint density at radius 2 is 2.04 bits per heavy atom. The highest BCUT2D eigenvalue weighted by Crippen LogP contribution is 2.31. The molecule has 5 nitrogen and oxygen atoms in total. The van der Waals surface area contributed by atoms with Crippen LogP contribution in [0, 0.1) is 5.92 Å². The molecule has 1 saturated heterocycles. The average Bonchev–Trinajstić information content (AvgIpc) is 3.08. The van der Waals surface area contributed by atoms with Gasteiger partial charge in [-0.3, -0.25) is 4.90 Å². The molecular weight excluding hydrogens is 314 g/mol. The first-order chi connectivity index (χ1) is 11.3. The molecule has 2 aromatic rings. The highest BCUT2D eigenvalue weighted by Gasteiger charge is 2.32. The second-order valence-electron chi connectivity index (χ2n) is 6.37. The molecule has 0 bridgehead atoms. The lowest BCUT2D eigenvalue weighted by Gasteiger charge is -2.22. The van der Waals surface area contributed by atoms with Crippen molar-refractivity contribution in [3.63, 3.8) is 0 Å². The molecule has 1 atom stereocenters. The van der Waals surface area contributed by atoms with Gasteiger partial charge in [0.05, 0.1) is 23.7 Å². The van der Waals surface area contributed by atoms with E-state index in [1.54, 1.807) is 0 Å². The van der Waals surface area contributed by atoms with Crippen molar-refractivity contribution in [2.45, 2.75) is 31.8 Å². The lowest BCUT2D eigenvalue weighted by molar-refractivity contribution is 0.156. The molecule has 1 unspecified atom stereocenters. The normalized spacial score (nSPS) is 21.2. The van der Waals surface area contributed by atoms with Crippen LogP contribution in [0.25, 0.3) is 11.5 Å². The van der Waals surface area contributed by atoms with Crippen LogP contribution in [-0.2, 0) is 11.3 Å². The van der Waals surface area contributed by atoms with Crippen LogP contribution in [0.4, 0.5) is 0 Å². The van der Waals surface area contributed by atoms with Crippen molar-refractivity contribution < 1.29 is 9.15 Å². The van der Waals surface area contributed by atoms with Crippen molar-refractivity contribution in [2.75, 3.05) is 19.8 Å². The summed E-state index contributed by atoms with van der Waals surface area (Å²) in [5.41, 5.74) is 0.787. The zero-order valence-corrected chi connectivity index (χ0v) is 13.7. The summed E-state index contributed by atoms with van der Waals surface area (Å²) >= 11 is 6.20. The van der Waals surface area contributed by atoms with Crippen LogP contribution in [0.3, 0.4) is 0 Å². The number of hydrogen-bond acceptors (Lipinski definition) is 5. The lowest BCUT2D eigenvalue weighted by atomic mass is 10.1. The number of aromatic nitrogens is 2. The average molecular weight is 334 g/mol. The number of rotatable bonds is 6. The maximum atomic E-state index is 6.20. The summed E-state index contributed by atoms with van der Waals surface area (Å²) in [5, 5.41) is 9.00. The summed E-state index contributed by atoms with van der Waals surface area (Å²) in [4.78, 5) is 2.46. The fourth-order valence-corrected chi connectivity index (χ4v) is 3.29. The number of benzene rings is 1. The molecule has 122 valence electrons. The minimum atomic E-state index is 0.491. The summed E-state index contributed by atoms with van der Waals surface area (Å²) in [5.74, 6) is 1.78. The van der Waals surface area contributed by atoms with E-state index < -0.39 is 0 Å². The second-order valence-corrected chi connectivity index (χ2v) is 6.78. The van der Waals surface area contributed by atoms with Crippen molar-refractivity contribution in [1.82, 2.24) is 15.1 Å². The Hall–Kier alpha value is -1.43. The van der Waals surface area contributed by atoms with Gasteiger partial charge in [0.2, 0.25) is 11.8 Å². The predicted octanol–water partition coefficient (Wildman–Crippen LogP) is 3.39. The minimum Gasteiger partial charge on any atom is -0.419 e. The molecule has 0 radical (unpaired) electrons. The molecule has 4 rings (SSSR count). The van der Waals surface area contributed by atoms with Crippen LogP contribution in [0.2, 0.25) is 5.02 Å². The zero-order valence-electron chi connectivity index (χ0n) is 12.9. The quantitative estimate of drug-likeness (QED) is 0.811. The molecule has 0 N–H and O–H groups in total. The van der Waals surface area contributed by atoms with E-state index in [1.807, 2.05) is 24.3 Å². The summed E-state index contributed by atoms with van der Waals surface area (Å²) in [6.07, 6.45) is 3.68. The van der Waals surface area contributed by atoms with Crippen LogP contribution >= 0.6 is 11.6 Å². The van der Waals surface area contributed by atoms with Gasteiger partial charge in [0, 0.05) is 19.2 Å². The Labute approximate surface area is 140 Å². The van der Waals surface area contributed by atoms with Crippen molar-refractivity contribution >= 4 is 11.6 Å². The van der Waals surface area contributed by atoms with Crippen molar-refractivity contribution in [3.05, 3.63) is 35.2 Å². The molecule has 1 aliphatic carbocycles. The SMILES string of the molecule is Clc1ccccc1-c1nnc(CN(CC2CCOC2)C2CC2)o1. The van der Waals surface area contributed by atoms with Crippen molar-refractivity contribution in [2.24, 2.45) is 5.92 Å². The molecule has 1 aromatic carbocycles. The Morgan fingerprint density at radius 3 is 2.78 bits per heavy atom. The zero-order chi connectivity index (χ0) is 15.6. The first kappa shape index (κ1) is 15.1. The number of nitrogens with zero attached hydrogens (tertiary/aromatic N) is 3. The van der Waals surface area contributed by atoms with Gasteiger partial charge in [-0.2, -0.15) is 0 Å². The van der Waals surface area contributed by atoms with Crippen molar-refractivity contribution in [3.8, 4) is 11.5 Å². The Balaban J connectivity index is 1.46. The maximum Gasteiger partial charge on any atom is 0.249 e. The highest BCUT2D eigenvalue weighted by atomic mass is 35.5. The van der Waals surface area contributed by atoms with E-state index in [0.717, 1.165) is 31.7 Å². The molecule has 2 heterocycles. The lowest BCUT2D eigenvalue weighted by Crippen LogP contribution is -2.31. The summed E-state index contributed by atoms with van der Waals surface area (Å²) < 4.78 is 11.3. The number of ether oxygens (including phenoxy) is 1. The molecule has 0 amide bonds. The van der Waals surface area contributed by atoms with Gasteiger partial charge in [-0.25, -0.2) is 0 Å². The Morgan fingerprint density at radius 1 is 1.17 bits per heavy atom. The van der Waals surface area contributed by atoms with E-state index in [2.05, 4.69) is 15.1 Å². The molecule has 1 saturated carbocycles. The first-order valence-electron chi connectivity index (χ1n) is 8.18. The third-order valence-corrected chi connectivity index (χ3v) is 4.82. The largest absolute Gasteiger partial charge is 0.419 e. The number of halogens is 1. The van der Waals surface area contributed by atoms with E-state index in [4.69, 9.17) is 20.8 Å². The van der Waals surface area contributed by atoms with Gasteiger partial charge in [-0.15, -0.1) is 10.2 Å². The van der Waals surface area contributed by atoms with Crippen molar-refractivity contribution in [1.29, 1.82) is 0 Å². The van der Waals surface area contributed by atoms with E-state index in [9.17, 15) is 0 Å². The van der Waals surface area contributed by atoms with Gasteiger partial charge in [-0.1, -0.05) is 23.7 Å². The van der Waals surface area contributed by atoms with Crippen LogP contribution in [-0.4, -0.2) is 40.9 Å². The molecule has 23 heavy (non-hydrogen) atoms. The van der Waals surface area contributed by atoms with Gasteiger partial charge in [0.15, 0.2) is 0 Å². The second kappa shape index (κ2) is 6.59. The summed E-state index contributed by atoms with van der Waals surface area (Å²) in [6.45, 7) is 3.52. The van der Waals surface area contributed by atoms with Gasteiger partial charge in [0.1, 0.15) is 0 Å². The smallest absolute Gasteiger partial charge is 0.249 e. The van der Waals surface area contributed by atoms with Gasteiger partial charge in [-0.05, 0) is 37.3 Å². The molecular formula is C17H20ClN3O2. The Bertz CT molecular complexity index is 665. The van der Waals surface area contributed by atoms with Gasteiger partial charge >= 0.3 is 0 Å². The monoisotopic (exact) mass is 333 g/mol. The fraction of sp³-hybridized carbons (Fsp3) is 0.529. The van der Waals surface area contributed by atoms with Gasteiger partial charge in [0.25, 0.3) is 0 Å².